The fourth-order valence-electron chi connectivity index (χ4n) is 4.33. The van der Waals surface area contributed by atoms with E-state index in [-0.39, 0.29) is 24.2 Å². The summed E-state index contributed by atoms with van der Waals surface area (Å²) in [5.41, 5.74) is 1.05. The van der Waals surface area contributed by atoms with Gasteiger partial charge in [0.1, 0.15) is 0 Å². The highest BCUT2D eigenvalue weighted by molar-refractivity contribution is 5.98. The van der Waals surface area contributed by atoms with Gasteiger partial charge in [-0.3, -0.25) is 9.59 Å². The number of hydrogen-bond donors (Lipinski definition) is 2. The van der Waals surface area contributed by atoms with Crippen LogP contribution < -0.4 is 10.6 Å². The standard InChI is InChI=1S/C22H27N3O2.ClH/c26-20(25-13-9-22(10-14-25)8-12-23-16-22)7-11-24-21(27)19-6-5-17-3-1-2-4-18(17)15-19;/h1-6,15,23H,7-14,16H2,(H,24,27);1H. The molecule has 28 heavy (non-hydrogen) atoms. The van der Waals surface area contributed by atoms with Gasteiger partial charge in [0.25, 0.3) is 5.91 Å². The third-order valence-electron chi connectivity index (χ3n) is 6.14. The summed E-state index contributed by atoms with van der Waals surface area (Å²) in [4.78, 5) is 26.8. The lowest BCUT2D eigenvalue weighted by Gasteiger charge is -2.39. The lowest BCUT2D eigenvalue weighted by atomic mass is 9.78. The molecule has 0 aliphatic carbocycles. The van der Waals surface area contributed by atoms with Gasteiger partial charge in [-0.1, -0.05) is 30.3 Å². The smallest absolute Gasteiger partial charge is 0.251 e. The van der Waals surface area contributed by atoms with Crippen molar-refractivity contribution in [3.8, 4) is 0 Å². The first-order valence-electron chi connectivity index (χ1n) is 9.91. The Morgan fingerprint density at radius 2 is 1.79 bits per heavy atom. The molecule has 0 aromatic heterocycles. The summed E-state index contributed by atoms with van der Waals surface area (Å²) >= 11 is 0. The van der Waals surface area contributed by atoms with Crippen LogP contribution in [0.5, 0.6) is 0 Å². The molecule has 2 N–H and O–H groups in total. The normalized spacial score (nSPS) is 18.1. The summed E-state index contributed by atoms with van der Waals surface area (Å²) in [5.74, 6) is 0.0257. The van der Waals surface area contributed by atoms with Crippen LogP contribution in [-0.2, 0) is 4.79 Å². The van der Waals surface area contributed by atoms with Crippen LogP contribution in [0.25, 0.3) is 10.8 Å². The van der Waals surface area contributed by atoms with Crippen molar-refractivity contribution >= 4 is 35.0 Å². The van der Waals surface area contributed by atoms with Crippen LogP contribution in [-0.4, -0.2) is 49.4 Å². The highest BCUT2D eigenvalue weighted by atomic mass is 35.5. The minimum atomic E-state index is -0.122. The van der Waals surface area contributed by atoms with Crippen molar-refractivity contribution in [2.24, 2.45) is 5.41 Å². The maximum absolute atomic E-state index is 12.5. The quantitative estimate of drug-likeness (QED) is 0.827. The van der Waals surface area contributed by atoms with Crippen molar-refractivity contribution in [2.45, 2.75) is 25.7 Å². The number of amides is 2. The van der Waals surface area contributed by atoms with Gasteiger partial charge in [0.2, 0.25) is 5.91 Å². The molecule has 2 aromatic rings. The first kappa shape index (κ1) is 20.6. The van der Waals surface area contributed by atoms with Crippen molar-refractivity contribution in [2.75, 3.05) is 32.7 Å². The van der Waals surface area contributed by atoms with Gasteiger partial charge in [-0.05, 0) is 54.1 Å². The molecule has 5 nitrogen and oxygen atoms in total. The third-order valence-corrected chi connectivity index (χ3v) is 6.14. The molecule has 2 amide bonds. The molecular formula is C22H28ClN3O2. The minimum absolute atomic E-state index is 0. The Morgan fingerprint density at radius 1 is 1.04 bits per heavy atom. The van der Waals surface area contributed by atoms with Gasteiger partial charge < -0.3 is 15.5 Å². The Kier molecular flexibility index (Phi) is 6.57. The highest BCUT2D eigenvalue weighted by Crippen LogP contribution is 2.36. The van der Waals surface area contributed by atoms with Gasteiger partial charge in [0.05, 0.1) is 0 Å². The second-order valence-electron chi connectivity index (χ2n) is 7.88. The van der Waals surface area contributed by atoms with Crippen LogP contribution in [0.1, 0.15) is 36.0 Å². The summed E-state index contributed by atoms with van der Waals surface area (Å²) < 4.78 is 0. The first-order chi connectivity index (χ1) is 13.2. The SMILES string of the molecule is Cl.O=C(NCCC(=O)N1CCC2(CCNC2)CC1)c1ccc2ccccc2c1. The van der Waals surface area contributed by atoms with E-state index in [9.17, 15) is 9.59 Å². The molecule has 2 aromatic carbocycles. The number of halogens is 1. The number of benzene rings is 2. The molecule has 150 valence electrons. The number of likely N-dealkylation sites (tertiary alicyclic amines) is 1. The average molecular weight is 402 g/mol. The molecule has 0 bridgehead atoms. The zero-order valence-electron chi connectivity index (χ0n) is 16.1. The fourth-order valence-corrected chi connectivity index (χ4v) is 4.33. The lowest BCUT2D eigenvalue weighted by molar-refractivity contribution is -0.133. The molecular weight excluding hydrogens is 374 g/mol. The number of fused-ring (bicyclic) bond motifs is 1. The second-order valence-corrected chi connectivity index (χ2v) is 7.88. The maximum Gasteiger partial charge on any atom is 0.251 e. The molecule has 2 fully saturated rings. The third kappa shape index (κ3) is 4.47. The van der Waals surface area contributed by atoms with E-state index in [1.165, 1.54) is 6.42 Å². The zero-order valence-corrected chi connectivity index (χ0v) is 16.9. The minimum Gasteiger partial charge on any atom is -0.352 e. The largest absolute Gasteiger partial charge is 0.352 e. The van der Waals surface area contributed by atoms with Gasteiger partial charge in [-0.2, -0.15) is 0 Å². The van der Waals surface area contributed by atoms with Crippen LogP contribution in [0, 0.1) is 5.41 Å². The van der Waals surface area contributed by atoms with Crippen molar-refractivity contribution in [3.05, 3.63) is 48.0 Å². The summed E-state index contributed by atoms with van der Waals surface area (Å²) in [7, 11) is 0. The molecule has 2 saturated heterocycles. The predicted octanol–water partition coefficient (Wildman–Crippen LogP) is 2.98. The molecule has 0 unspecified atom stereocenters. The zero-order chi connectivity index (χ0) is 18.7. The van der Waals surface area contributed by atoms with E-state index >= 15 is 0 Å². The van der Waals surface area contributed by atoms with E-state index in [2.05, 4.69) is 10.6 Å². The van der Waals surface area contributed by atoms with Crippen LogP contribution >= 0.6 is 12.4 Å². The average Bonchev–Trinajstić information content (AvgIpc) is 3.16. The Morgan fingerprint density at radius 3 is 2.50 bits per heavy atom. The Hall–Kier alpha value is -2.11. The highest BCUT2D eigenvalue weighted by Gasteiger charge is 2.37. The molecule has 2 heterocycles. The first-order valence-corrected chi connectivity index (χ1v) is 9.91. The molecule has 0 radical (unpaired) electrons. The van der Waals surface area contributed by atoms with Crippen LogP contribution in [0.2, 0.25) is 0 Å². The van der Waals surface area contributed by atoms with Gasteiger partial charge in [0.15, 0.2) is 0 Å². The van der Waals surface area contributed by atoms with Gasteiger partial charge in [-0.15, -0.1) is 12.4 Å². The van der Waals surface area contributed by atoms with Gasteiger partial charge >= 0.3 is 0 Å². The molecule has 2 aliphatic heterocycles. The van der Waals surface area contributed by atoms with Crippen LogP contribution in [0.3, 0.4) is 0 Å². The summed E-state index contributed by atoms with van der Waals surface area (Å²) in [5, 5.41) is 8.50. The number of piperidine rings is 1. The van der Waals surface area contributed by atoms with E-state index < -0.39 is 0 Å². The van der Waals surface area contributed by atoms with E-state index in [4.69, 9.17) is 0 Å². The number of nitrogens with zero attached hydrogens (tertiary/aromatic N) is 1. The van der Waals surface area contributed by atoms with Crippen molar-refractivity contribution in [1.29, 1.82) is 0 Å². The molecule has 6 heteroatoms. The molecule has 0 saturated carbocycles. The van der Waals surface area contributed by atoms with Crippen molar-refractivity contribution < 1.29 is 9.59 Å². The molecule has 0 atom stereocenters. The monoisotopic (exact) mass is 401 g/mol. The Balaban J connectivity index is 0.00000225. The fraction of sp³-hybridized carbons (Fsp3) is 0.455. The number of carbonyl (C=O) groups is 2. The van der Waals surface area contributed by atoms with Crippen LogP contribution in [0.4, 0.5) is 0 Å². The van der Waals surface area contributed by atoms with E-state index in [1.54, 1.807) is 0 Å². The molecule has 4 rings (SSSR count). The number of hydrogen-bond acceptors (Lipinski definition) is 3. The summed E-state index contributed by atoms with van der Waals surface area (Å²) in [6, 6.07) is 13.7. The van der Waals surface area contributed by atoms with Crippen molar-refractivity contribution in [3.63, 3.8) is 0 Å². The Bertz CT molecular complexity index is 839. The second kappa shape index (κ2) is 8.93. The van der Waals surface area contributed by atoms with E-state index in [1.807, 2.05) is 47.4 Å². The molecule has 1 spiro atoms. The molecule has 2 aliphatic rings. The lowest BCUT2D eigenvalue weighted by Crippen LogP contribution is -2.44. The predicted molar refractivity (Wildman–Crippen MR) is 114 cm³/mol. The maximum atomic E-state index is 12.5. The topological polar surface area (TPSA) is 61.4 Å². The van der Waals surface area contributed by atoms with Crippen LogP contribution in [0.15, 0.2) is 42.5 Å². The number of carbonyl (C=O) groups excluding carboxylic acids is 2. The Labute approximate surface area is 172 Å². The number of rotatable bonds is 4. The van der Waals surface area contributed by atoms with Crippen molar-refractivity contribution in [1.82, 2.24) is 15.5 Å². The van der Waals surface area contributed by atoms with Gasteiger partial charge in [0, 0.05) is 38.2 Å². The van der Waals surface area contributed by atoms with Gasteiger partial charge in [-0.25, -0.2) is 0 Å². The van der Waals surface area contributed by atoms with E-state index in [0.29, 0.717) is 23.9 Å². The number of nitrogens with one attached hydrogen (secondary N) is 2. The summed E-state index contributed by atoms with van der Waals surface area (Å²) in [6.07, 6.45) is 3.78. The van der Waals surface area contributed by atoms with E-state index in [0.717, 1.165) is 49.8 Å². The summed E-state index contributed by atoms with van der Waals surface area (Å²) in [6.45, 7) is 4.28.